The highest BCUT2D eigenvalue weighted by molar-refractivity contribution is 6.67. The third-order valence-corrected chi connectivity index (χ3v) is 1.10. The summed E-state index contributed by atoms with van der Waals surface area (Å²) in [6.45, 7) is 0. The molecule has 0 unspecified atom stereocenters. The summed E-state index contributed by atoms with van der Waals surface area (Å²) in [6.07, 6.45) is -6.49. The Bertz CT molecular complexity index is 303. The molecule has 0 aliphatic rings. The molecule has 14 heteroatoms. The lowest BCUT2D eigenvalue weighted by Gasteiger charge is -2.15. The second kappa shape index (κ2) is 7.90. The molecule has 0 aliphatic carbocycles. The summed E-state index contributed by atoms with van der Waals surface area (Å²) in [5, 5.41) is 7.12. The maximum absolute atomic E-state index is 10.6. The minimum absolute atomic E-state index is 1.41. The number of ether oxygens (including phenoxy) is 2. The number of carboxylic acid groups (broad SMARTS) is 1. The predicted molar refractivity (Wildman–Crippen MR) is 61.8 cm³/mol. The number of rotatable bonds is 0. The first-order valence-electron chi connectivity index (χ1n) is 3.40. The van der Waals surface area contributed by atoms with E-state index in [0.717, 1.165) is 0 Å². The van der Waals surface area contributed by atoms with Gasteiger partial charge in [-0.05, 0) is 69.6 Å². The van der Waals surface area contributed by atoms with Gasteiger partial charge in [0.05, 0.1) is 0 Å². The number of carbonyl (C=O) groups is 2. The zero-order valence-electron chi connectivity index (χ0n) is 7.98. The SMILES string of the molecule is O=C(O)C(F)(F)F.O=C(OC(Cl)(Cl)Cl)OC(Cl)(Cl)Cl. The van der Waals surface area contributed by atoms with E-state index in [1.807, 2.05) is 0 Å². The summed E-state index contributed by atoms with van der Waals surface area (Å²) in [5.41, 5.74) is 0. The van der Waals surface area contributed by atoms with E-state index in [2.05, 4.69) is 9.47 Å². The van der Waals surface area contributed by atoms with E-state index in [4.69, 9.17) is 79.5 Å². The van der Waals surface area contributed by atoms with Gasteiger partial charge < -0.3 is 14.6 Å². The number of carboxylic acids is 1. The molecule has 0 heterocycles. The first-order valence-corrected chi connectivity index (χ1v) is 5.67. The molecular formula is C5HCl6F3O5. The first-order chi connectivity index (χ1) is 8.04. The van der Waals surface area contributed by atoms with Crippen LogP contribution in [0, 0.1) is 0 Å². The molecule has 114 valence electrons. The quantitative estimate of drug-likeness (QED) is 0.472. The van der Waals surface area contributed by atoms with Crippen LogP contribution in [0.5, 0.6) is 0 Å². The molecule has 0 saturated heterocycles. The molecule has 0 radical (unpaired) electrons. The Labute approximate surface area is 133 Å². The summed E-state index contributed by atoms with van der Waals surface area (Å²) >= 11 is 30.2. The fourth-order valence-corrected chi connectivity index (χ4v) is 0.588. The van der Waals surface area contributed by atoms with Crippen molar-refractivity contribution in [1.29, 1.82) is 0 Å². The van der Waals surface area contributed by atoms with Crippen LogP contribution in [0.15, 0.2) is 0 Å². The molecule has 0 amide bonds. The number of alkyl halides is 9. The standard InChI is InChI=1S/C3Cl6O3.C2HF3O2/c4-2(5,6)11-1(10)12-3(7,8)9;3-2(4,5)1(6)7/h;(H,6,7). The van der Waals surface area contributed by atoms with E-state index in [1.165, 1.54) is 0 Å². The van der Waals surface area contributed by atoms with Gasteiger partial charge in [0.1, 0.15) is 0 Å². The second-order valence-electron chi connectivity index (χ2n) is 2.15. The molecule has 0 fully saturated rings. The molecule has 5 nitrogen and oxygen atoms in total. The fraction of sp³-hybridized carbons (Fsp3) is 0.600. The highest BCUT2D eigenvalue weighted by atomic mass is 35.6. The third kappa shape index (κ3) is 18.3. The van der Waals surface area contributed by atoms with Gasteiger partial charge >= 0.3 is 26.3 Å². The van der Waals surface area contributed by atoms with Gasteiger partial charge in [-0.25, -0.2) is 9.59 Å². The lowest BCUT2D eigenvalue weighted by atomic mass is 10.7. The van der Waals surface area contributed by atoms with Crippen molar-refractivity contribution in [1.82, 2.24) is 0 Å². The van der Waals surface area contributed by atoms with Crippen molar-refractivity contribution >= 4 is 81.7 Å². The Morgan fingerprint density at radius 2 is 1.05 bits per heavy atom. The molecular weight excluding hydrogens is 410 g/mol. The Kier molecular flexibility index (Phi) is 8.96. The molecule has 1 N–H and O–H groups in total. The van der Waals surface area contributed by atoms with Crippen LogP contribution in [-0.4, -0.2) is 31.4 Å². The number of hydrogen-bond acceptors (Lipinski definition) is 4. The minimum Gasteiger partial charge on any atom is -0.475 e. The maximum Gasteiger partial charge on any atom is 0.515 e. The third-order valence-electron chi connectivity index (χ3n) is 0.641. The van der Waals surface area contributed by atoms with Gasteiger partial charge in [0, 0.05) is 0 Å². The lowest BCUT2D eigenvalue weighted by Crippen LogP contribution is -2.22. The molecule has 0 aliphatic heterocycles. The molecule has 0 aromatic rings. The maximum atomic E-state index is 10.6. The number of halogens is 9. The zero-order chi connectivity index (χ0) is 16.1. The van der Waals surface area contributed by atoms with Gasteiger partial charge in [-0.2, -0.15) is 13.2 Å². The van der Waals surface area contributed by atoms with Crippen molar-refractivity contribution in [3.8, 4) is 0 Å². The summed E-state index contributed by atoms with van der Waals surface area (Å²) in [6, 6.07) is 0. The van der Waals surface area contributed by atoms with Gasteiger partial charge in [-0.3, -0.25) is 0 Å². The monoisotopic (exact) mass is 408 g/mol. The number of hydrogen-bond donors (Lipinski definition) is 1. The molecule has 0 bridgehead atoms. The fourth-order valence-electron chi connectivity index (χ4n) is 0.210. The van der Waals surface area contributed by atoms with Crippen molar-refractivity contribution in [2.45, 2.75) is 14.1 Å². The summed E-state index contributed by atoms with van der Waals surface area (Å²) in [4.78, 5) is 19.4. The smallest absolute Gasteiger partial charge is 0.475 e. The second-order valence-corrected chi connectivity index (χ2v) is 6.50. The van der Waals surface area contributed by atoms with Crippen LogP contribution in [-0.2, 0) is 14.3 Å². The number of carbonyl (C=O) groups excluding carboxylic acids is 1. The minimum atomic E-state index is -5.08. The van der Waals surface area contributed by atoms with Crippen LogP contribution in [0.3, 0.4) is 0 Å². The van der Waals surface area contributed by atoms with Crippen LogP contribution in [0.4, 0.5) is 18.0 Å². The Balaban J connectivity index is 0. The van der Waals surface area contributed by atoms with Crippen LogP contribution in [0.25, 0.3) is 0 Å². The molecule has 19 heavy (non-hydrogen) atoms. The largest absolute Gasteiger partial charge is 0.515 e. The summed E-state index contributed by atoms with van der Waals surface area (Å²) < 4.78 is 35.2. The molecule has 0 aromatic heterocycles. The summed E-state index contributed by atoms with van der Waals surface area (Å²) in [7, 11) is 0. The van der Waals surface area contributed by atoms with Crippen molar-refractivity contribution in [3.05, 3.63) is 0 Å². The lowest BCUT2D eigenvalue weighted by molar-refractivity contribution is -0.192. The normalized spacial score (nSPS) is 12.1. The topological polar surface area (TPSA) is 72.8 Å². The van der Waals surface area contributed by atoms with Crippen LogP contribution >= 0.6 is 69.6 Å². The van der Waals surface area contributed by atoms with E-state index in [0.29, 0.717) is 0 Å². The Morgan fingerprint density at radius 3 is 1.16 bits per heavy atom. The average Bonchev–Trinajstić information content (AvgIpc) is 1.93. The van der Waals surface area contributed by atoms with Crippen molar-refractivity contribution < 1.29 is 37.3 Å². The molecule has 0 rings (SSSR count). The van der Waals surface area contributed by atoms with Crippen LogP contribution < -0.4 is 0 Å². The summed E-state index contributed by atoms with van der Waals surface area (Å²) in [5.74, 6) is -2.76. The van der Waals surface area contributed by atoms with Gasteiger partial charge in [0.15, 0.2) is 0 Å². The first kappa shape index (κ1) is 21.6. The molecule has 0 saturated carbocycles. The molecule has 0 atom stereocenters. The van der Waals surface area contributed by atoms with Gasteiger partial charge in [-0.1, -0.05) is 0 Å². The molecule has 0 spiro atoms. The number of aliphatic carboxylic acids is 1. The van der Waals surface area contributed by atoms with E-state index >= 15 is 0 Å². The van der Waals surface area contributed by atoms with Gasteiger partial charge in [0.25, 0.3) is 0 Å². The molecule has 0 aromatic carbocycles. The van der Waals surface area contributed by atoms with E-state index in [9.17, 15) is 18.0 Å². The highest BCUT2D eigenvalue weighted by Crippen LogP contribution is 2.32. The van der Waals surface area contributed by atoms with E-state index in [1.54, 1.807) is 0 Å². The predicted octanol–water partition coefficient (Wildman–Crippen LogP) is 4.43. The van der Waals surface area contributed by atoms with Crippen molar-refractivity contribution in [2.75, 3.05) is 0 Å². The van der Waals surface area contributed by atoms with Crippen LogP contribution in [0.1, 0.15) is 0 Å². The Hall–Kier alpha value is 0.270. The van der Waals surface area contributed by atoms with Gasteiger partial charge in [0.2, 0.25) is 0 Å². The zero-order valence-corrected chi connectivity index (χ0v) is 12.5. The van der Waals surface area contributed by atoms with E-state index in [-0.39, 0.29) is 0 Å². The van der Waals surface area contributed by atoms with Crippen molar-refractivity contribution in [3.63, 3.8) is 0 Å². The van der Waals surface area contributed by atoms with Gasteiger partial charge in [-0.15, -0.1) is 0 Å². The highest BCUT2D eigenvalue weighted by Gasteiger charge is 2.38. The average molecular weight is 411 g/mol. The Morgan fingerprint density at radius 1 is 0.842 bits per heavy atom. The van der Waals surface area contributed by atoms with E-state index < -0.39 is 26.3 Å². The van der Waals surface area contributed by atoms with Crippen molar-refractivity contribution in [2.24, 2.45) is 0 Å². The van der Waals surface area contributed by atoms with Crippen LogP contribution in [0.2, 0.25) is 0 Å².